The molecule has 0 aromatic heterocycles. The molecule has 112 valence electrons. The fourth-order valence-electron chi connectivity index (χ4n) is 2.88. The first-order chi connectivity index (χ1) is 8.92. The zero-order chi connectivity index (χ0) is 13.9. The first kappa shape index (κ1) is 15.2. The van der Waals surface area contributed by atoms with Gasteiger partial charge in [-0.25, -0.2) is 0 Å². The lowest BCUT2D eigenvalue weighted by molar-refractivity contribution is -0.104. The smallest absolute Gasteiger partial charge is 0.0612 e. The van der Waals surface area contributed by atoms with Crippen molar-refractivity contribution in [3.8, 4) is 0 Å². The summed E-state index contributed by atoms with van der Waals surface area (Å²) in [5.41, 5.74) is -0.00309. The standard InChI is InChI=1S/C15H29NO3/c1-14(2,3)19-13-8-12(9-13)16-10-15(11-17)4-6-18-7-5-15/h12-13,16-17H,4-11H2,1-3H3. The molecule has 0 unspecified atom stereocenters. The van der Waals surface area contributed by atoms with Gasteiger partial charge in [-0.1, -0.05) is 0 Å². The Morgan fingerprint density at radius 1 is 1.26 bits per heavy atom. The minimum atomic E-state index is -0.0390. The Bertz CT molecular complexity index is 276. The van der Waals surface area contributed by atoms with Crippen molar-refractivity contribution in [1.82, 2.24) is 5.32 Å². The highest BCUT2D eigenvalue weighted by Crippen LogP contribution is 2.32. The van der Waals surface area contributed by atoms with E-state index in [0.29, 0.717) is 12.1 Å². The first-order valence-electron chi connectivity index (χ1n) is 7.52. The molecule has 0 bridgehead atoms. The molecular formula is C15H29NO3. The average molecular weight is 271 g/mol. The number of nitrogens with one attached hydrogen (secondary N) is 1. The topological polar surface area (TPSA) is 50.7 Å². The van der Waals surface area contributed by atoms with Crippen LogP contribution in [-0.4, -0.2) is 49.2 Å². The highest BCUT2D eigenvalue weighted by atomic mass is 16.5. The fourth-order valence-corrected chi connectivity index (χ4v) is 2.88. The van der Waals surface area contributed by atoms with Gasteiger partial charge in [0, 0.05) is 31.2 Å². The molecule has 1 heterocycles. The number of aliphatic hydroxyl groups excluding tert-OH is 1. The van der Waals surface area contributed by atoms with Crippen LogP contribution in [0.1, 0.15) is 46.5 Å². The maximum atomic E-state index is 9.63. The molecule has 0 aromatic carbocycles. The van der Waals surface area contributed by atoms with E-state index >= 15 is 0 Å². The SMILES string of the molecule is CC(C)(C)OC1CC(NCC2(CO)CCOCC2)C1. The Labute approximate surface area is 116 Å². The summed E-state index contributed by atoms with van der Waals surface area (Å²) in [7, 11) is 0. The molecule has 1 aliphatic heterocycles. The van der Waals surface area contributed by atoms with Gasteiger partial charge in [0.1, 0.15) is 0 Å². The number of hydrogen-bond donors (Lipinski definition) is 2. The molecule has 2 rings (SSSR count). The fraction of sp³-hybridized carbons (Fsp3) is 1.00. The molecule has 0 aromatic rings. The summed E-state index contributed by atoms with van der Waals surface area (Å²) in [6.07, 6.45) is 4.51. The third kappa shape index (κ3) is 4.42. The summed E-state index contributed by atoms with van der Waals surface area (Å²) in [6, 6.07) is 0.554. The number of ether oxygens (including phenoxy) is 2. The minimum absolute atomic E-state index is 0.0359. The molecule has 1 saturated heterocycles. The number of rotatable bonds is 5. The maximum absolute atomic E-state index is 9.63. The molecule has 1 aliphatic carbocycles. The summed E-state index contributed by atoms with van der Waals surface area (Å²) >= 11 is 0. The highest BCUT2D eigenvalue weighted by molar-refractivity contribution is 4.91. The molecule has 2 fully saturated rings. The van der Waals surface area contributed by atoms with Gasteiger partial charge in [0.15, 0.2) is 0 Å². The summed E-state index contributed by atoms with van der Waals surface area (Å²) in [4.78, 5) is 0. The lowest BCUT2D eigenvalue weighted by Gasteiger charge is -2.42. The molecule has 0 atom stereocenters. The van der Waals surface area contributed by atoms with E-state index in [-0.39, 0.29) is 17.6 Å². The van der Waals surface area contributed by atoms with Crippen molar-refractivity contribution in [1.29, 1.82) is 0 Å². The second kappa shape index (κ2) is 6.08. The second-order valence-electron chi connectivity index (χ2n) is 7.17. The molecule has 2 N–H and O–H groups in total. The van der Waals surface area contributed by atoms with E-state index in [2.05, 4.69) is 26.1 Å². The van der Waals surface area contributed by atoms with Crippen LogP contribution in [0, 0.1) is 5.41 Å². The molecule has 19 heavy (non-hydrogen) atoms. The average Bonchev–Trinajstić information content (AvgIpc) is 2.32. The van der Waals surface area contributed by atoms with Crippen molar-refractivity contribution in [2.24, 2.45) is 5.41 Å². The van der Waals surface area contributed by atoms with Crippen LogP contribution in [0.4, 0.5) is 0 Å². The molecule has 4 nitrogen and oxygen atoms in total. The van der Waals surface area contributed by atoms with Crippen LogP contribution in [0.3, 0.4) is 0 Å². The van der Waals surface area contributed by atoms with Gasteiger partial charge in [0.25, 0.3) is 0 Å². The molecule has 4 heteroatoms. The number of hydrogen-bond acceptors (Lipinski definition) is 4. The molecule has 1 saturated carbocycles. The third-order valence-corrected chi connectivity index (χ3v) is 4.27. The predicted octanol–water partition coefficient (Wildman–Crippen LogP) is 1.71. The molecular weight excluding hydrogens is 242 g/mol. The van der Waals surface area contributed by atoms with Crippen molar-refractivity contribution in [3.05, 3.63) is 0 Å². The van der Waals surface area contributed by atoms with E-state index in [1.165, 1.54) is 0 Å². The summed E-state index contributed by atoms with van der Waals surface area (Å²) < 4.78 is 11.3. The molecule has 0 spiro atoms. The summed E-state index contributed by atoms with van der Waals surface area (Å²) in [5, 5.41) is 13.2. The van der Waals surface area contributed by atoms with Crippen molar-refractivity contribution in [2.45, 2.75) is 64.2 Å². The van der Waals surface area contributed by atoms with Crippen LogP contribution in [0.5, 0.6) is 0 Å². The van der Waals surface area contributed by atoms with E-state index < -0.39 is 0 Å². The van der Waals surface area contributed by atoms with Crippen molar-refractivity contribution in [2.75, 3.05) is 26.4 Å². The number of aliphatic hydroxyl groups is 1. The van der Waals surface area contributed by atoms with Gasteiger partial charge >= 0.3 is 0 Å². The van der Waals surface area contributed by atoms with E-state index in [1.54, 1.807) is 0 Å². The van der Waals surface area contributed by atoms with Crippen LogP contribution >= 0.6 is 0 Å². The minimum Gasteiger partial charge on any atom is -0.396 e. The van der Waals surface area contributed by atoms with Crippen LogP contribution in [-0.2, 0) is 9.47 Å². The Hall–Kier alpha value is -0.160. The van der Waals surface area contributed by atoms with Gasteiger partial charge in [0.2, 0.25) is 0 Å². The van der Waals surface area contributed by atoms with Crippen molar-refractivity contribution >= 4 is 0 Å². The van der Waals surface area contributed by atoms with E-state index in [1.807, 2.05) is 0 Å². The van der Waals surface area contributed by atoms with E-state index in [9.17, 15) is 5.11 Å². The summed E-state index contributed by atoms with van der Waals surface area (Å²) in [5.74, 6) is 0. The van der Waals surface area contributed by atoms with Gasteiger partial charge < -0.3 is 19.9 Å². The first-order valence-corrected chi connectivity index (χ1v) is 7.52. The molecule has 2 aliphatic rings. The lowest BCUT2D eigenvalue weighted by Crippen LogP contribution is -2.52. The van der Waals surface area contributed by atoms with E-state index in [0.717, 1.165) is 45.4 Å². The Morgan fingerprint density at radius 2 is 1.89 bits per heavy atom. The quantitative estimate of drug-likeness (QED) is 0.799. The Kier molecular flexibility index (Phi) is 4.88. The van der Waals surface area contributed by atoms with Crippen LogP contribution in [0.2, 0.25) is 0 Å². The summed E-state index contributed by atoms with van der Waals surface area (Å²) in [6.45, 7) is 9.05. The largest absolute Gasteiger partial charge is 0.396 e. The predicted molar refractivity (Wildman–Crippen MR) is 75.2 cm³/mol. The lowest BCUT2D eigenvalue weighted by atomic mass is 9.79. The van der Waals surface area contributed by atoms with Crippen LogP contribution in [0.25, 0.3) is 0 Å². The maximum Gasteiger partial charge on any atom is 0.0612 e. The van der Waals surface area contributed by atoms with Crippen molar-refractivity contribution in [3.63, 3.8) is 0 Å². The second-order valence-corrected chi connectivity index (χ2v) is 7.17. The van der Waals surface area contributed by atoms with Gasteiger partial charge in [-0.05, 0) is 46.5 Å². The zero-order valence-electron chi connectivity index (χ0n) is 12.6. The Morgan fingerprint density at radius 3 is 2.42 bits per heavy atom. The van der Waals surface area contributed by atoms with E-state index in [4.69, 9.17) is 9.47 Å². The Balaban J connectivity index is 1.67. The van der Waals surface area contributed by atoms with Crippen LogP contribution in [0.15, 0.2) is 0 Å². The molecule has 0 amide bonds. The molecule has 0 radical (unpaired) electrons. The van der Waals surface area contributed by atoms with Gasteiger partial charge in [-0.15, -0.1) is 0 Å². The normalized spacial score (nSPS) is 30.9. The third-order valence-electron chi connectivity index (χ3n) is 4.27. The van der Waals surface area contributed by atoms with Gasteiger partial charge in [-0.3, -0.25) is 0 Å². The van der Waals surface area contributed by atoms with Crippen molar-refractivity contribution < 1.29 is 14.6 Å². The highest BCUT2D eigenvalue weighted by Gasteiger charge is 2.36. The van der Waals surface area contributed by atoms with Crippen LogP contribution < -0.4 is 5.32 Å². The monoisotopic (exact) mass is 271 g/mol. The zero-order valence-corrected chi connectivity index (χ0v) is 12.6. The van der Waals surface area contributed by atoms with Gasteiger partial charge in [-0.2, -0.15) is 0 Å². The van der Waals surface area contributed by atoms with Gasteiger partial charge in [0.05, 0.1) is 18.3 Å².